The van der Waals surface area contributed by atoms with Crippen LogP contribution >= 0.6 is 0 Å². The molecular weight excluding hydrogens is 284 g/mol. The molecule has 1 aromatic carbocycles. The van der Waals surface area contributed by atoms with E-state index < -0.39 is 0 Å². The molecule has 0 aliphatic carbocycles. The second kappa shape index (κ2) is 6.87. The fourth-order valence-electron chi connectivity index (χ4n) is 2.82. The van der Waals surface area contributed by atoms with Crippen LogP contribution in [0.15, 0.2) is 12.1 Å². The predicted octanol–water partition coefficient (Wildman–Crippen LogP) is 1.18. The van der Waals surface area contributed by atoms with Gasteiger partial charge in [-0.05, 0) is 30.5 Å². The van der Waals surface area contributed by atoms with Crippen molar-refractivity contribution in [1.82, 2.24) is 10.2 Å². The Labute approximate surface area is 130 Å². The van der Waals surface area contributed by atoms with Gasteiger partial charge in [0.25, 0.3) is 0 Å². The Balaban J connectivity index is 1.59. The number of carbonyl (C=O) groups is 1. The van der Waals surface area contributed by atoms with E-state index in [1.54, 1.807) is 7.11 Å². The van der Waals surface area contributed by atoms with Gasteiger partial charge in [-0.15, -0.1) is 0 Å². The first-order valence-electron chi connectivity index (χ1n) is 7.73. The van der Waals surface area contributed by atoms with E-state index in [2.05, 4.69) is 5.32 Å². The number of methoxy groups -OCH3 is 1. The van der Waals surface area contributed by atoms with Gasteiger partial charge in [-0.3, -0.25) is 4.79 Å². The number of amides is 1. The highest BCUT2D eigenvalue weighted by atomic mass is 16.6. The van der Waals surface area contributed by atoms with Crippen LogP contribution in [0.5, 0.6) is 17.2 Å². The number of ether oxygens (including phenoxy) is 3. The van der Waals surface area contributed by atoms with Crippen molar-refractivity contribution in [3.8, 4) is 17.2 Å². The fourth-order valence-corrected chi connectivity index (χ4v) is 2.82. The molecule has 0 aromatic heterocycles. The molecule has 1 amide bonds. The largest absolute Gasteiger partial charge is 0.493 e. The van der Waals surface area contributed by atoms with Crippen molar-refractivity contribution in [3.05, 3.63) is 17.7 Å². The summed E-state index contributed by atoms with van der Waals surface area (Å²) < 4.78 is 16.5. The second-order valence-corrected chi connectivity index (χ2v) is 5.51. The molecule has 6 heteroatoms. The molecule has 0 radical (unpaired) electrons. The van der Waals surface area contributed by atoms with Crippen molar-refractivity contribution in [2.45, 2.75) is 19.4 Å². The lowest BCUT2D eigenvalue weighted by Gasteiger charge is -2.21. The number of rotatable bonds is 5. The molecule has 2 aliphatic rings. The van der Waals surface area contributed by atoms with Gasteiger partial charge in [-0.25, -0.2) is 0 Å². The number of fused-ring (bicyclic) bond motifs is 1. The summed E-state index contributed by atoms with van der Waals surface area (Å²) in [5, 5.41) is 3.19. The predicted molar refractivity (Wildman–Crippen MR) is 81.5 cm³/mol. The van der Waals surface area contributed by atoms with Gasteiger partial charge in [-0.2, -0.15) is 0 Å². The fraction of sp³-hybridized carbons (Fsp3) is 0.562. The molecule has 120 valence electrons. The van der Waals surface area contributed by atoms with Crippen LogP contribution in [-0.2, 0) is 11.3 Å². The summed E-state index contributed by atoms with van der Waals surface area (Å²) in [6.45, 7) is 3.80. The van der Waals surface area contributed by atoms with E-state index in [1.165, 1.54) is 0 Å². The van der Waals surface area contributed by atoms with Crippen molar-refractivity contribution in [2.75, 3.05) is 40.0 Å². The number of nitrogens with zero attached hydrogens (tertiary/aromatic N) is 1. The van der Waals surface area contributed by atoms with Crippen LogP contribution in [0.3, 0.4) is 0 Å². The minimum Gasteiger partial charge on any atom is -0.493 e. The molecule has 6 nitrogen and oxygen atoms in total. The molecule has 22 heavy (non-hydrogen) atoms. The van der Waals surface area contributed by atoms with E-state index in [-0.39, 0.29) is 5.91 Å². The molecule has 1 saturated heterocycles. The van der Waals surface area contributed by atoms with Gasteiger partial charge in [0.05, 0.1) is 13.7 Å². The van der Waals surface area contributed by atoms with Gasteiger partial charge in [-0.1, -0.05) is 0 Å². The molecule has 0 spiro atoms. The number of nitrogens with one attached hydrogen (secondary N) is 1. The summed E-state index contributed by atoms with van der Waals surface area (Å²) in [5.41, 5.74) is 1.01. The lowest BCUT2D eigenvalue weighted by atomic mass is 10.1. The van der Waals surface area contributed by atoms with Crippen molar-refractivity contribution < 1.29 is 19.0 Å². The highest BCUT2D eigenvalue weighted by Crippen LogP contribution is 2.40. The topological polar surface area (TPSA) is 60.0 Å². The van der Waals surface area contributed by atoms with E-state index in [0.29, 0.717) is 43.6 Å². The summed E-state index contributed by atoms with van der Waals surface area (Å²) in [6.07, 6.45) is 2.23. The van der Waals surface area contributed by atoms with Crippen LogP contribution in [-0.4, -0.2) is 50.8 Å². The monoisotopic (exact) mass is 306 g/mol. The van der Waals surface area contributed by atoms with E-state index in [0.717, 1.165) is 31.5 Å². The van der Waals surface area contributed by atoms with E-state index in [4.69, 9.17) is 14.2 Å². The molecule has 2 aliphatic heterocycles. The first-order chi connectivity index (χ1) is 10.8. The van der Waals surface area contributed by atoms with E-state index in [9.17, 15) is 4.79 Å². The minimum atomic E-state index is 0.169. The average molecular weight is 306 g/mol. The van der Waals surface area contributed by atoms with Gasteiger partial charge >= 0.3 is 0 Å². The van der Waals surface area contributed by atoms with Gasteiger partial charge in [0.15, 0.2) is 11.5 Å². The van der Waals surface area contributed by atoms with Crippen LogP contribution in [0.2, 0.25) is 0 Å². The van der Waals surface area contributed by atoms with Gasteiger partial charge in [0.1, 0.15) is 13.2 Å². The number of benzene rings is 1. The van der Waals surface area contributed by atoms with Crippen LogP contribution in [0.4, 0.5) is 0 Å². The molecule has 0 bridgehead atoms. The van der Waals surface area contributed by atoms with E-state index in [1.807, 2.05) is 17.0 Å². The third-order valence-electron chi connectivity index (χ3n) is 3.95. The quantitative estimate of drug-likeness (QED) is 0.885. The van der Waals surface area contributed by atoms with Crippen LogP contribution in [0.1, 0.15) is 18.4 Å². The molecule has 3 rings (SSSR count). The Morgan fingerprint density at radius 3 is 2.82 bits per heavy atom. The average Bonchev–Trinajstić information content (AvgIpc) is 3.08. The Bertz CT molecular complexity index is 524. The zero-order chi connectivity index (χ0) is 15.4. The molecule has 1 fully saturated rings. The van der Waals surface area contributed by atoms with Crippen molar-refractivity contribution >= 4 is 5.91 Å². The van der Waals surface area contributed by atoms with Crippen molar-refractivity contribution in [2.24, 2.45) is 0 Å². The normalized spacial score (nSPS) is 16.7. The molecule has 1 N–H and O–H groups in total. The first kappa shape index (κ1) is 15.0. The van der Waals surface area contributed by atoms with Crippen LogP contribution in [0, 0.1) is 0 Å². The van der Waals surface area contributed by atoms with E-state index >= 15 is 0 Å². The maximum atomic E-state index is 12.0. The standard InChI is InChI=1S/C16H22N2O4/c1-20-13-8-12(9-14-16(13)22-7-6-21-14)10-17-11-15(19)18-4-2-3-5-18/h8-9,17H,2-7,10-11H2,1H3. The Morgan fingerprint density at radius 1 is 1.27 bits per heavy atom. The molecular formula is C16H22N2O4. The third-order valence-corrected chi connectivity index (χ3v) is 3.95. The number of likely N-dealkylation sites (tertiary alicyclic amines) is 1. The Morgan fingerprint density at radius 2 is 2.05 bits per heavy atom. The molecule has 0 unspecified atom stereocenters. The summed E-state index contributed by atoms with van der Waals surface area (Å²) >= 11 is 0. The Kier molecular flexibility index (Phi) is 4.68. The zero-order valence-electron chi connectivity index (χ0n) is 12.9. The van der Waals surface area contributed by atoms with Crippen LogP contribution in [0.25, 0.3) is 0 Å². The zero-order valence-corrected chi connectivity index (χ0v) is 12.9. The summed E-state index contributed by atoms with van der Waals surface area (Å²) in [7, 11) is 1.61. The lowest BCUT2D eigenvalue weighted by molar-refractivity contribution is -0.129. The van der Waals surface area contributed by atoms with Crippen molar-refractivity contribution in [3.63, 3.8) is 0 Å². The number of hydrogen-bond acceptors (Lipinski definition) is 5. The molecule has 2 heterocycles. The maximum Gasteiger partial charge on any atom is 0.236 e. The summed E-state index contributed by atoms with van der Waals surface area (Å²) in [6, 6.07) is 3.85. The summed E-state index contributed by atoms with van der Waals surface area (Å²) in [4.78, 5) is 13.9. The first-order valence-corrected chi connectivity index (χ1v) is 7.73. The summed E-state index contributed by atoms with van der Waals surface area (Å²) in [5.74, 6) is 2.20. The molecule has 0 saturated carbocycles. The van der Waals surface area contributed by atoms with Crippen molar-refractivity contribution in [1.29, 1.82) is 0 Å². The van der Waals surface area contributed by atoms with Gasteiger partial charge in [0, 0.05) is 19.6 Å². The molecule has 0 atom stereocenters. The number of carbonyl (C=O) groups excluding carboxylic acids is 1. The third kappa shape index (κ3) is 3.27. The highest BCUT2D eigenvalue weighted by Gasteiger charge is 2.19. The molecule has 1 aromatic rings. The smallest absolute Gasteiger partial charge is 0.236 e. The second-order valence-electron chi connectivity index (χ2n) is 5.51. The Hall–Kier alpha value is -1.95. The van der Waals surface area contributed by atoms with Crippen LogP contribution < -0.4 is 19.5 Å². The SMILES string of the molecule is COc1cc(CNCC(=O)N2CCCC2)cc2c1OCCO2. The van der Waals surface area contributed by atoms with Gasteiger partial charge < -0.3 is 24.4 Å². The minimum absolute atomic E-state index is 0.169. The van der Waals surface area contributed by atoms with Gasteiger partial charge in [0.2, 0.25) is 11.7 Å². The maximum absolute atomic E-state index is 12.0. The highest BCUT2D eigenvalue weighted by molar-refractivity contribution is 5.78. The number of hydrogen-bond donors (Lipinski definition) is 1. The lowest BCUT2D eigenvalue weighted by Crippen LogP contribution is -2.36.